The molecular weight excluding hydrogens is 713 g/mol. The highest BCUT2D eigenvalue weighted by Crippen LogP contribution is 2.38. The van der Waals surface area contributed by atoms with E-state index < -0.39 is 28.9 Å². The van der Waals surface area contributed by atoms with Gasteiger partial charge < -0.3 is 25.6 Å². The van der Waals surface area contributed by atoms with Crippen LogP contribution in [0.3, 0.4) is 0 Å². The summed E-state index contributed by atoms with van der Waals surface area (Å²) in [6, 6.07) is 7.94. The number of nitrogens with one attached hydrogen (secondary N) is 2. The Morgan fingerprint density at radius 3 is 2.31 bits per heavy atom. The average Bonchev–Trinajstić information content (AvgIpc) is 3.62. The number of alkyl halides is 3. The van der Waals surface area contributed by atoms with Crippen LogP contribution in [0.2, 0.25) is 0 Å². The summed E-state index contributed by atoms with van der Waals surface area (Å²) in [4.78, 5) is 45.3. The Morgan fingerprint density at radius 1 is 1.02 bits per heavy atom. The molecule has 0 aliphatic carbocycles. The third-order valence-electron chi connectivity index (χ3n) is 10.2. The van der Waals surface area contributed by atoms with Gasteiger partial charge in [0.15, 0.2) is 5.82 Å². The van der Waals surface area contributed by atoms with Crippen molar-refractivity contribution in [3.05, 3.63) is 65.0 Å². The van der Waals surface area contributed by atoms with Gasteiger partial charge in [-0.3, -0.25) is 19.8 Å². The third kappa shape index (κ3) is 10.2. The molecule has 0 radical (unpaired) electrons. The molecule has 298 valence electrons. The van der Waals surface area contributed by atoms with Crippen LogP contribution in [-0.2, 0) is 21.5 Å². The molecule has 1 aromatic carbocycles. The van der Waals surface area contributed by atoms with Crippen LogP contribution in [0.1, 0.15) is 70.2 Å². The van der Waals surface area contributed by atoms with Crippen molar-refractivity contribution < 1.29 is 27.5 Å². The van der Waals surface area contributed by atoms with Gasteiger partial charge in [0, 0.05) is 70.0 Å². The second-order valence-electron chi connectivity index (χ2n) is 15.8. The van der Waals surface area contributed by atoms with E-state index in [1.54, 1.807) is 0 Å². The molecule has 4 N–H and O–H groups in total. The van der Waals surface area contributed by atoms with Gasteiger partial charge in [-0.15, -0.1) is 0 Å². The number of pyridine rings is 1. The maximum absolute atomic E-state index is 13.4. The van der Waals surface area contributed by atoms with Crippen molar-refractivity contribution in [1.29, 1.82) is 0 Å². The second-order valence-corrected chi connectivity index (χ2v) is 15.8. The van der Waals surface area contributed by atoms with Crippen molar-refractivity contribution >= 4 is 29.7 Å². The largest absolute Gasteiger partial charge is 0.444 e. The van der Waals surface area contributed by atoms with Gasteiger partial charge in [0.05, 0.1) is 17.8 Å². The Kier molecular flexibility index (Phi) is 12.6. The van der Waals surface area contributed by atoms with Crippen LogP contribution in [0.5, 0.6) is 0 Å². The van der Waals surface area contributed by atoms with Crippen LogP contribution in [0, 0.1) is 19.8 Å². The maximum Gasteiger partial charge on any atom is 0.410 e. The van der Waals surface area contributed by atoms with Crippen molar-refractivity contribution in [2.24, 2.45) is 16.6 Å². The number of aromatic amines is 1. The molecule has 3 aromatic rings. The van der Waals surface area contributed by atoms with Gasteiger partial charge >= 0.3 is 12.3 Å². The van der Waals surface area contributed by atoms with E-state index >= 15 is 0 Å². The van der Waals surface area contributed by atoms with Gasteiger partial charge in [-0.2, -0.15) is 18.3 Å². The number of anilines is 1. The van der Waals surface area contributed by atoms with E-state index in [0.717, 1.165) is 107 Å². The van der Waals surface area contributed by atoms with Crippen molar-refractivity contribution in [2.75, 3.05) is 50.7 Å². The standard InChI is InChI=1S/C39H53F3N10O3/c1-25-8-10-30(44-22-29(20-43)34(53)46-23-31-47-35(49-48-31)38(6,7)39(40,41)42)26(2)33(25)28-9-11-32(45-21-28)51-18-16-50(17-19-51)24-27-12-14-52(15-13-27)36(54)55-37(3,4)5/h8-11,20-22,27H,12-19,23-24,43H2,1-7H3,(H,46,53)(H,47,48,49)/b29-20+,44-22?. The molecule has 4 heterocycles. The predicted octanol–water partition coefficient (Wildman–Crippen LogP) is 5.95. The lowest BCUT2D eigenvalue weighted by Crippen LogP contribution is -2.49. The first-order valence-corrected chi connectivity index (χ1v) is 18.6. The highest BCUT2D eigenvalue weighted by Gasteiger charge is 2.51. The van der Waals surface area contributed by atoms with E-state index in [1.165, 1.54) is 6.21 Å². The zero-order valence-electron chi connectivity index (χ0n) is 32.8. The molecule has 2 saturated heterocycles. The first-order chi connectivity index (χ1) is 25.9. The Balaban J connectivity index is 1.14. The fraction of sp³-hybridized carbons (Fsp3) is 0.538. The first-order valence-electron chi connectivity index (χ1n) is 18.6. The number of hydrogen-bond acceptors (Lipinski definition) is 10. The molecule has 13 nitrogen and oxygen atoms in total. The molecule has 2 fully saturated rings. The molecule has 2 amide bonds. The van der Waals surface area contributed by atoms with E-state index in [0.29, 0.717) is 11.6 Å². The summed E-state index contributed by atoms with van der Waals surface area (Å²) in [6.45, 7) is 17.6. The summed E-state index contributed by atoms with van der Waals surface area (Å²) >= 11 is 0. The Labute approximate surface area is 320 Å². The summed E-state index contributed by atoms with van der Waals surface area (Å²) in [7, 11) is 0. The average molecular weight is 767 g/mol. The van der Waals surface area contributed by atoms with Gasteiger partial charge in [0.1, 0.15) is 22.7 Å². The summed E-state index contributed by atoms with van der Waals surface area (Å²) in [5.74, 6) is 0.559. The molecule has 16 heteroatoms. The lowest BCUT2D eigenvalue weighted by Gasteiger charge is -2.39. The number of rotatable bonds is 10. The fourth-order valence-electron chi connectivity index (χ4n) is 6.65. The van der Waals surface area contributed by atoms with Crippen molar-refractivity contribution in [3.63, 3.8) is 0 Å². The molecule has 2 aliphatic rings. The lowest BCUT2D eigenvalue weighted by atomic mass is 9.92. The van der Waals surface area contributed by atoms with Gasteiger partial charge in [-0.25, -0.2) is 14.8 Å². The molecule has 0 atom stereocenters. The number of hydrogen-bond donors (Lipinski definition) is 3. The number of H-pyrrole nitrogens is 1. The molecule has 0 unspecified atom stereocenters. The number of benzene rings is 1. The zero-order chi connectivity index (χ0) is 40.1. The Hall–Kier alpha value is -4.99. The molecule has 55 heavy (non-hydrogen) atoms. The molecule has 2 aromatic heterocycles. The van der Waals surface area contributed by atoms with Gasteiger partial charge in [0.2, 0.25) is 0 Å². The number of likely N-dealkylation sites (tertiary alicyclic amines) is 1. The summed E-state index contributed by atoms with van der Waals surface area (Å²) < 4.78 is 45.7. The van der Waals surface area contributed by atoms with E-state index in [9.17, 15) is 22.8 Å². The van der Waals surface area contributed by atoms with Gasteiger partial charge in [-0.05, 0) is 102 Å². The van der Waals surface area contributed by atoms with Crippen LogP contribution in [0.4, 0.5) is 29.5 Å². The number of aryl methyl sites for hydroxylation is 1. The molecule has 0 saturated carbocycles. The van der Waals surface area contributed by atoms with Crippen LogP contribution in [0.25, 0.3) is 11.1 Å². The SMILES string of the molecule is Cc1ccc(N=C/C(=C\N)C(=O)NCc2nc(C(C)(C)C(F)(F)F)n[nH]2)c(C)c1-c1ccc(N2CCN(CC3CCN(C(=O)OC(C)(C)C)CC3)CC2)nc1. The van der Waals surface area contributed by atoms with E-state index in [4.69, 9.17) is 15.5 Å². The normalized spacial score (nSPS) is 16.9. The number of amides is 2. The fourth-order valence-corrected chi connectivity index (χ4v) is 6.65. The highest BCUT2D eigenvalue weighted by atomic mass is 19.4. The van der Waals surface area contributed by atoms with Crippen LogP contribution in [-0.4, -0.2) is 106 Å². The number of nitrogens with zero attached hydrogens (tertiary/aromatic N) is 7. The van der Waals surface area contributed by atoms with E-state index in [-0.39, 0.29) is 24.0 Å². The minimum atomic E-state index is -4.54. The minimum Gasteiger partial charge on any atom is -0.444 e. The molecule has 0 bridgehead atoms. The zero-order valence-corrected chi connectivity index (χ0v) is 32.8. The molecular formula is C39H53F3N10O3. The third-order valence-corrected chi connectivity index (χ3v) is 10.2. The topological polar surface area (TPSA) is 158 Å². The summed E-state index contributed by atoms with van der Waals surface area (Å²) in [5.41, 5.74) is 7.58. The molecule has 0 spiro atoms. The maximum atomic E-state index is 13.4. The van der Waals surface area contributed by atoms with E-state index in [2.05, 4.69) is 41.4 Å². The second kappa shape index (κ2) is 16.8. The number of piperazine rings is 1. The number of nitrogens with two attached hydrogens (primary N) is 1. The number of aliphatic imine (C=N–C) groups is 1. The number of carbonyl (C=O) groups is 2. The van der Waals surface area contributed by atoms with E-state index in [1.807, 2.05) is 63.9 Å². The molecule has 2 aliphatic heterocycles. The van der Waals surface area contributed by atoms with Crippen LogP contribution in [0.15, 0.2) is 47.2 Å². The number of halogens is 3. The van der Waals surface area contributed by atoms with Crippen LogP contribution >= 0.6 is 0 Å². The Morgan fingerprint density at radius 2 is 1.71 bits per heavy atom. The number of aromatic nitrogens is 4. The van der Waals surface area contributed by atoms with Gasteiger partial charge in [0.25, 0.3) is 5.91 Å². The van der Waals surface area contributed by atoms with Crippen molar-refractivity contribution in [1.82, 2.24) is 35.3 Å². The van der Waals surface area contributed by atoms with Gasteiger partial charge in [-0.1, -0.05) is 6.07 Å². The van der Waals surface area contributed by atoms with Crippen molar-refractivity contribution in [3.8, 4) is 11.1 Å². The smallest absolute Gasteiger partial charge is 0.410 e. The first kappa shape index (κ1) is 41.2. The lowest BCUT2D eigenvalue weighted by molar-refractivity contribution is -0.182. The van der Waals surface area contributed by atoms with Crippen molar-refractivity contribution in [2.45, 2.75) is 85.0 Å². The predicted molar refractivity (Wildman–Crippen MR) is 206 cm³/mol. The quantitative estimate of drug-likeness (QED) is 0.168. The number of ether oxygens (including phenoxy) is 1. The summed E-state index contributed by atoms with van der Waals surface area (Å²) in [5, 5.41) is 8.73. The number of piperidine rings is 1. The monoisotopic (exact) mass is 766 g/mol. The molecule has 5 rings (SSSR count). The Bertz CT molecular complexity index is 1870. The van der Waals surface area contributed by atoms with Crippen LogP contribution < -0.4 is 16.0 Å². The summed E-state index contributed by atoms with van der Waals surface area (Å²) in [6.07, 6.45) is 1.55. The highest BCUT2D eigenvalue weighted by molar-refractivity contribution is 6.12. The minimum absolute atomic E-state index is 0.0617. The number of carbonyl (C=O) groups excluding carboxylic acids is 2.